The summed E-state index contributed by atoms with van der Waals surface area (Å²) in [7, 11) is 0. The quantitative estimate of drug-likeness (QED) is 0.873. The van der Waals surface area contributed by atoms with Crippen LogP contribution in [0, 0.1) is 6.92 Å². The molecule has 0 radical (unpaired) electrons. The van der Waals surface area contributed by atoms with E-state index in [-0.39, 0.29) is 6.04 Å². The molecule has 23 heavy (non-hydrogen) atoms. The maximum atomic E-state index is 10.6. The third kappa shape index (κ3) is 3.97. The number of pyridine rings is 1. The van der Waals surface area contributed by atoms with Crippen LogP contribution in [0.4, 0.5) is 0 Å². The Balaban J connectivity index is 1.68. The first-order valence-corrected chi connectivity index (χ1v) is 9.22. The van der Waals surface area contributed by atoms with Crippen molar-refractivity contribution in [1.82, 2.24) is 15.3 Å². The molecule has 0 aromatic carbocycles. The van der Waals surface area contributed by atoms with Gasteiger partial charge in [-0.2, -0.15) is 0 Å². The highest BCUT2D eigenvalue weighted by molar-refractivity contribution is 7.15. The molecule has 0 aliphatic heterocycles. The molecule has 124 valence electrons. The van der Waals surface area contributed by atoms with Crippen LogP contribution < -0.4 is 5.32 Å². The zero-order valence-electron chi connectivity index (χ0n) is 13.9. The van der Waals surface area contributed by atoms with Gasteiger partial charge < -0.3 is 10.4 Å². The molecule has 3 rings (SSSR count). The number of hydrogen-bond acceptors (Lipinski definition) is 5. The second kappa shape index (κ2) is 7.07. The average Bonchev–Trinajstić information content (AvgIpc) is 2.96. The number of thiazole rings is 1. The van der Waals surface area contributed by atoms with Crippen LogP contribution in [0.15, 0.2) is 24.5 Å². The maximum Gasteiger partial charge on any atom is 0.125 e. The zero-order chi connectivity index (χ0) is 16.3. The number of aryl methyl sites for hydroxylation is 1. The first-order valence-electron chi connectivity index (χ1n) is 8.41. The molecule has 1 saturated carbocycles. The molecule has 1 unspecified atom stereocenters. The fraction of sp³-hybridized carbons (Fsp3) is 0.556. The minimum Gasteiger partial charge on any atom is -0.389 e. The Kier molecular flexibility index (Phi) is 5.09. The molecule has 2 aromatic rings. The van der Waals surface area contributed by atoms with E-state index in [1.54, 1.807) is 17.5 Å². The SMILES string of the molecule is Cc1nc(-c2cccnc2)sc1C(C)NCC1(O)CCCCC1. The molecule has 0 spiro atoms. The second-order valence-corrected chi connectivity index (χ2v) is 7.63. The molecule has 1 aliphatic carbocycles. The third-order valence-electron chi connectivity index (χ3n) is 4.66. The van der Waals surface area contributed by atoms with E-state index in [9.17, 15) is 5.11 Å². The van der Waals surface area contributed by atoms with Gasteiger partial charge in [-0.25, -0.2) is 4.98 Å². The maximum absolute atomic E-state index is 10.6. The van der Waals surface area contributed by atoms with Crippen molar-refractivity contribution < 1.29 is 5.11 Å². The van der Waals surface area contributed by atoms with Gasteiger partial charge in [-0.3, -0.25) is 4.98 Å². The first kappa shape index (κ1) is 16.6. The van der Waals surface area contributed by atoms with E-state index in [4.69, 9.17) is 4.98 Å². The van der Waals surface area contributed by atoms with E-state index in [1.165, 1.54) is 11.3 Å². The van der Waals surface area contributed by atoms with Gasteiger partial charge in [0.05, 0.1) is 11.3 Å². The number of aromatic nitrogens is 2. The highest BCUT2D eigenvalue weighted by atomic mass is 32.1. The summed E-state index contributed by atoms with van der Waals surface area (Å²) in [4.78, 5) is 10.1. The molecule has 1 aliphatic rings. The summed E-state index contributed by atoms with van der Waals surface area (Å²) in [5, 5.41) is 15.2. The van der Waals surface area contributed by atoms with E-state index >= 15 is 0 Å². The van der Waals surface area contributed by atoms with Crippen molar-refractivity contribution >= 4 is 11.3 Å². The van der Waals surface area contributed by atoms with Gasteiger partial charge in [0.2, 0.25) is 0 Å². The minimum atomic E-state index is -0.530. The monoisotopic (exact) mass is 331 g/mol. The lowest BCUT2D eigenvalue weighted by molar-refractivity contribution is 0.00305. The molecule has 1 fully saturated rings. The summed E-state index contributed by atoms with van der Waals surface area (Å²) in [6, 6.07) is 4.17. The molecule has 2 heterocycles. The number of nitrogens with zero attached hydrogens (tertiary/aromatic N) is 2. The summed E-state index contributed by atoms with van der Waals surface area (Å²) < 4.78 is 0. The van der Waals surface area contributed by atoms with Gasteiger partial charge in [0, 0.05) is 35.4 Å². The Labute approximate surface area is 142 Å². The molecule has 4 nitrogen and oxygen atoms in total. The Morgan fingerprint density at radius 3 is 2.83 bits per heavy atom. The third-order valence-corrected chi connectivity index (χ3v) is 6.05. The van der Waals surface area contributed by atoms with E-state index in [2.05, 4.69) is 24.1 Å². The smallest absolute Gasteiger partial charge is 0.125 e. The van der Waals surface area contributed by atoms with Crippen molar-refractivity contribution in [2.75, 3.05) is 6.54 Å². The molecular formula is C18H25N3OS. The number of nitrogens with one attached hydrogen (secondary N) is 1. The van der Waals surface area contributed by atoms with Crippen LogP contribution in [0.2, 0.25) is 0 Å². The van der Waals surface area contributed by atoms with Gasteiger partial charge >= 0.3 is 0 Å². The largest absolute Gasteiger partial charge is 0.389 e. The lowest BCUT2D eigenvalue weighted by Gasteiger charge is -2.33. The Hall–Kier alpha value is -1.30. The summed E-state index contributed by atoms with van der Waals surface area (Å²) in [6.45, 7) is 4.87. The van der Waals surface area contributed by atoms with Crippen molar-refractivity contribution in [3.05, 3.63) is 35.1 Å². The summed E-state index contributed by atoms with van der Waals surface area (Å²) >= 11 is 1.71. The van der Waals surface area contributed by atoms with Gasteiger partial charge in [-0.1, -0.05) is 19.3 Å². The molecule has 0 amide bonds. The van der Waals surface area contributed by atoms with Gasteiger partial charge in [-0.05, 0) is 38.8 Å². The highest BCUT2D eigenvalue weighted by Crippen LogP contribution is 2.32. The van der Waals surface area contributed by atoms with Crippen LogP contribution in [0.1, 0.15) is 55.6 Å². The number of hydrogen-bond donors (Lipinski definition) is 2. The van der Waals surface area contributed by atoms with E-state index in [0.717, 1.165) is 41.9 Å². The average molecular weight is 331 g/mol. The standard InChI is InChI=1S/C18H25N3OS/c1-13(20-12-18(22)8-4-3-5-9-18)16-14(2)21-17(23-16)15-7-6-10-19-11-15/h6-7,10-11,13,20,22H,3-5,8-9,12H2,1-2H3. The van der Waals surface area contributed by atoms with Crippen LogP contribution >= 0.6 is 11.3 Å². The van der Waals surface area contributed by atoms with Crippen molar-refractivity contribution in [2.45, 2.75) is 57.6 Å². The van der Waals surface area contributed by atoms with E-state index in [0.29, 0.717) is 6.54 Å². The molecule has 0 saturated heterocycles. The van der Waals surface area contributed by atoms with Gasteiger partial charge in [-0.15, -0.1) is 11.3 Å². The van der Waals surface area contributed by atoms with Crippen LogP contribution in [-0.4, -0.2) is 27.2 Å². The minimum absolute atomic E-state index is 0.198. The van der Waals surface area contributed by atoms with Crippen molar-refractivity contribution in [3.8, 4) is 10.6 Å². The fourth-order valence-corrected chi connectivity index (χ4v) is 4.33. The van der Waals surface area contributed by atoms with Crippen molar-refractivity contribution in [1.29, 1.82) is 0 Å². The predicted molar refractivity (Wildman–Crippen MR) is 94.5 cm³/mol. The fourth-order valence-electron chi connectivity index (χ4n) is 3.25. The van der Waals surface area contributed by atoms with Gasteiger partial charge in [0.25, 0.3) is 0 Å². The molecular weight excluding hydrogens is 306 g/mol. The van der Waals surface area contributed by atoms with Crippen molar-refractivity contribution in [2.24, 2.45) is 0 Å². The number of aliphatic hydroxyl groups is 1. The topological polar surface area (TPSA) is 58.0 Å². The van der Waals surface area contributed by atoms with Crippen LogP contribution in [-0.2, 0) is 0 Å². The lowest BCUT2D eigenvalue weighted by Crippen LogP contribution is -2.42. The Morgan fingerprint density at radius 1 is 1.35 bits per heavy atom. The second-order valence-electron chi connectivity index (χ2n) is 6.60. The lowest BCUT2D eigenvalue weighted by atomic mass is 9.85. The molecule has 1 atom stereocenters. The summed E-state index contributed by atoms with van der Waals surface area (Å²) in [6.07, 6.45) is 8.98. The molecule has 2 aromatic heterocycles. The normalized spacial score (nSPS) is 18.7. The molecule has 0 bridgehead atoms. The summed E-state index contributed by atoms with van der Waals surface area (Å²) in [5.74, 6) is 0. The van der Waals surface area contributed by atoms with Crippen LogP contribution in [0.25, 0.3) is 10.6 Å². The van der Waals surface area contributed by atoms with Crippen LogP contribution in [0.5, 0.6) is 0 Å². The van der Waals surface area contributed by atoms with Crippen molar-refractivity contribution in [3.63, 3.8) is 0 Å². The van der Waals surface area contributed by atoms with E-state index < -0.39 is 5.60 Å². The zero-order valence-corrected chi connectivity index (χ0v) is 14.7. The van der Waals surface area contributed by atoms with Gasteiger partial charge in [0.1, 0.15) is 5.01 Å². The highest BCUT2D eigenvalue weighted by Gasteiger charge is 2.29. The van der Waals surface area contributed by atoms with Crippen LogP contribution in [0.3, 0.4) is 0 Å². The molecule has 5 heteroatoms. The Morgan fingerprint density at radius 2 is 2.13 bits per heavy atom. The number of rotatable bonds is 5. The van der Waals surface area contributed by atoms with E-state index in [1.807, 2.05) is 18.3 Å². The molecule has 2 N–H and O–H groups in total. The Bertz CT molecular complexity index is 635. The predicted octanol–water partition coefficient (Wildman–Crippen LogP) is 3.86. The summed E-state index contributed by atoms with van der Waals surface area (Å²) in [5.41, 5.74) is 1.59. The van der Waals surface area contributed by atoms with Gasteiger partial charge in [0.15, 0.2) is 0 Å². The first-order chi connectivity index (χ1) is 11.1.